The Hall–Kier alpha value is -2.74. The zero-order valence-electron chi connectivity index (χ0n) is 15.7. The molecule has 4 aromatic rings. The smallest absolute Gasteiger partial charge is 0.116 e. The van der Waals surface area contributed by atoms with E-state index in [1.807, 2.05) is 0 Å². The van der Waals surface area contributed by atoms with Crippen molar-refractivity contribution in [2.45, 2.75) is 39.0 Å². The quantitative estimate of drug-likeness (QED) is 0.412. The summed E-state index contributed by atoms with van der Waals surface area (Å²) in [4.78, 5) is 9.33. The minimum atomic E-state index is -0.0831. The number of fused-ring (bicyclic) bond motifs is 3. The summed E-state index contributed by atoms with van der Waals surface area (Å²) in [5.74, 6) is 0.475. The molecule has 1 aliphatic carbocycles. The molecule has 0 radical (unpaired) electrons. The molecule has 0 bridgehead atoms. The van der Waals surface area contributed by atoms with Crippen LogP contribution in [-0.4, -0.2) is 9.97 Å². The molecule has 5 rings (SSSR count). The normalized spacial score (nSPS) is 14.8. The lowest BCUT2D eigenvalue weighted by Crippen LogP contribution is -2.24. The lowest BCUT2D eigenvalue weighted by Gasteiger charge is -2.35. The van der Waals surface area contributed by atoms with E-state index in [2.05, 4.69) is 81.2 Å². The van der Waals surface area contributed by atoms with Crippen LogP contribution in [0.4, 0.5) is 0 Å². The van der Waals surface area contributed by atoms with Crippen LogP contribution in [0.1, 0.15) is 50.3 Å². The van der Waals surface area contributed by atoms with Crippen molar-refractivity contribution in [1.82, 2.24) is 9.97 Å². The summed E-state index contributed by atoms with van der Waals surface area (Å²) in [5.41, 5.74) is 7.32. The third-order valence-electron chi connectivity index (χ3n) is 5.91. The van der Waals surface area contributed by atoms with Gasteiger partial charge in [0.15, 0.2) is 0 Å². The van der Waals surface area contributed by atoms with Crippen LogP contribution in [0.3, 0.4) is 0 Å². The molecule has 0 saturated carbocycles. The molecule has 0 amide bonds. The molecule has 0 fully saturated rings. The zero-order chi connectivity index (χ0) is 18.1. The van der Waals surface area contributed by atoms with Gasteiger partial charge in [-0.05, 0) is 51.6 Å². The van der Waals surface area contributed by atoms with Gasteiger partial charge >= 0.3 is 0 Å². The molecule has 0 saturated heterocycles. The summed E-state index contributed by atoms with van der Waals surface area (Å²) < 4.78 is 0. The van der Waals surface area contributed by atoms with Crippen LogP contribution in [0.25, 0.3) is 32.9 Å². The third-order valence-corrected chi connectivity index (χ3v) is 5.91. The minimum absolute atomic E-state index is 0.0831. The van der Waals surface area contributed by atoms with Crippen LogP contribution in [0.15, 0.2) is 54.9 Å². The van der Waals surface area contributed by atoms with Gasteiger partial charge in [-0.25, -0.2) is 9.97 Å². The van der Waals surface area contributed by atoms with Gasteiger partial charge in [0.25, 0.3) is 0 Å². The largest absolute Gasteiger partial charge is 0.236 e. The first kappa shape index (κ1) is 15.5. The van der Waals surface area contributed by atoms with Crippen molar-refractivity contribution < 1.29 is 0 Å². The molecular formula is C24H22N2. The Morgan fingerprint density at radius 1 is 0.846 bits per heavy atom. The van der Waals surface area contributed by atoms with Crippen LogP contribution in [0.2, 0.25) is 0 Å². The first-order chi connectivity index (χ1) is 12.5. The van der Waals surface area contributed by atoms with E-state index in [1.54, 1.807) is 6.33 Å². The summed E-state index contributed by atoms with van der Waals surface area (Å²) >= 11 is 0. The van der Waals surface area contributed by atoms with Gasteiger partial charge in [-0.15, -0.1) is 0 Å². The summed E-state index contributed by atoms with van der Waals surface area (Å²) in [6.45, 7) is 9.14. The molecular weight excluding hydrogens is 316 g/mol. The maximum atomic E-state index is 4.71. The number of nitrogens with zero attached hydrogens (tertiary/aromatic N) is 2. The molecule has 2 nitrogen and oxygen atoms in total. The van der Waals surface area contributed by atoms with Crippen LogP contribution >= 0.6 is 0 Å². The maximum Gasteiger partial charge on any atom is 0.116 e. The summed E-state index contributed by atoms with van der Waals surface area (Å²) in [6.07, 6.45) is 1.71. The van der Waals surface area contributed by atoms with Crippen molar-refractivity contribution in [3.63, 3.8) is 0 Å². The van der Waals surface area contributed by atoms with E-state index < -0.39 is 0 Å². The minimum Gasteiger partial charge on any atom is -0.236 e. The average molecular weight is 338 g/mol. The van der Waals surface area contributed by atoms with Crippen LogP contribution in [0, 0.1) is 0 Å². The van der Waals surface area contributed by atoms with Crippen LogP contribution < -0.4 is 0 Å². The van der Waals surface area contributed by atoms with Crippen LogP contribution in [-0.2, 0) is 5.41 Å². The molecule has 1 aromatic heterocycles. The summed E-state index contributed by atoms with van der Waals surface area (Å²) in [7, 11) is 0. The molecule has 2 heteroatoms. The van der Waals surface area contributed by atoms with Crippen molar-refractivity contribution >= 4 is 21.7 Å². The van der Waals surface area contributed by atoms with Crippen molar-refractivity contribution in [2.24, 2.45) is 0 Å². The highest BCUT2D eigenvalue weighted by molar-refractivity contribution is 6.02. The molecule has 0 atom stereocenters. The van der Waals surface area contributed by atoms with Crippen molar-refractivity contribution in [3.05, 3.63) is 71.5 Å². The highest BCUT2D eigenvalue weighted by Gasteiger charge is 2.35. The van der Waals surface area contributed by atoms with Gasteiger partial charge in [-0.3, -0.25) is 0 Å². The van der Waals surface area contributed by atoms with E-state index >= 15 is 0 Å². The molecule has 1 heterocycles. The number of hydrogen-bond donors (Lipinski definition) is 0. The van der Waals surface area contributed by atoms with E-state index in [-0.39, 0.29) is 5.41 Å². The van der Waals surface area contributed by atoms with Crippen molar-refractivity contribution in [3.8, 4) is 11.3 Å². The van der Waals surface area contributed by atoms with Gasteiger partial charge < -0.3 is 0 Å². The number of aromatic nitrogens is 2. The fourth-order valence-electron chi connectivity index (χ4n) is 4.34. The van der Waals surface area contributed by atoms with E-state index in [9.17, 15) is 0 Å². The lowest BCUT2D eigenvalue weighted by atomic mass is 9.69. The highest BCUT2D eigenvalue weighted by atomic mass is 14.8. The van der Waals surface area contributed by atoms with Gasteiger partial charge in [0.1, 0.15) is 6.33 Å². The molecule has 128 valence electrons. The monoisotopic (exact) mass is 338 g/mol. The standard InChI is InChI=1S/C24H22N2/c1-14(2)17-11-20-22-21(12-17)25-13-26-23(22)18-9-15-7-5-6-8-16(15)10-19(18)24(20,3)4/h5-14H,1-4H3. The molecule has 1 aliphatic rings. The van der Waals surface area contributed by atoms with Gasteiger partial charge in [-0.1, -0.05) is 58.0 Å². The number of benzene rings is 3. The SMILES string of the molecule is CC(C)c1cc2c3c(ncnc3c1)-c1cc3ccccc3cc1C2(C)C. The Balaban J connectivity index is 1.97. The van der Waals surface area contributed by atoms with Gasteiger partial charge in [0.2, 0.25) is 0 Å². The van der Waals surface area contributed by atoms with Crippen molar-refractivity contribution in [2.75, 3.05) is 0 Å². The molecule has 0 unspecified atom stereocenters. The molecule has 0 aliphatic heterocycles. The summed E-state index contributed by atoms with van der Waals surface area (Å²) in [5, 5.41) is 3.76. The van der Waals surface area contributed by atoms with Crippen molar-refractivity contribution in [1.29, 1.82) is 0 Å². The first-order valence-corrected chi connectivity index (χ1v) is 9.29. The van der Waals surface area contributed by atoms with Gasteiger partial charge in [-0.2, -0.15) is 0 Å². The Morgan fingerprint density at radius 2 is 1.58 bits per heavy atom. The maximum absolute atomic E-state index is 4.71. The number of hydrogen-bond acceptors (Lipinski definition) is 2. The average Bonchev–Trinajstić information content (AvgIpc) is 2.64. The Bertz CT molecular complexity index is 1190. The van der Waals surface area contributed by atoms with E-state index in [0.717, 1.165) is 11.2 Å². The Kier molecular flexibility index (Phi) is 3.06. The fourth-order valence-corrected chi connectivity index (χ4v) is 4.34. The van der Waals surface area contributed by atoms with Gasteiger partial charge in [0, 0.05) is 16.4 Å². The highest BCUT2D eigenvalue weighted by Crippen LogP contribution is 2.49. The second-order valence-electron chi connectivity index (χ2n) is 8.21. The first-order valence-electron chi connectivity index (χ1n) is 9.29. The Labute approximate surface area is 153 Å². The Morgan fingerprint density at radius 3 is 2.31 bits per heavy atom. The molecule has 0 N–H and O–H groups in total. The zero-order valence-corrected chi connectivity index (χ0v) is 15.7. The predicted molar refractivity (Wildman–Crippen MR) is 109 cm³/mol. The van der Waals surface area contributed by atoms with Crippen LogP contribution in [0.5, 0.6) is 0 Å². The second-order valence-corrected chi connectivity index (χ2v) is 8.21. The van der Waals surface area contributed by atoms with E-state index in [1.165, 1.54) is 38.4 Å². The topological polar surface area (TPSA) is 25.8 Å². The predicted octanol–water partition coefficient (Wildman–Crippen LogP) is 6.21. The number of rotatable bonds is 1. The fraction of sp³-hybridized carbons (Fsp3) is 0.250. The molecule has 26 heavy (non-hydrogen) atoms. The van der Waals surface area contributed by atoms with E-state index in [0.29, 0.717) is 5.92 Å². The third kappa shape index (κ3) is 1.99. The lowest BCUT2D eigenvalue weighted by molar-refractivity contribution is 0.642. The van der Waals surface area contributed by atoms with Gasteiger partial charge in [0.05, 0.1) is 11.2 Å². The molecule has 0 spiro atoms. The molecule has 3 aromatic carbocycles. The summed E-state index contributed by atoms with van der Waals surface area (Å²) in [6, 6.07) is 17.8. The van der Waals surface area contributed by atoms with E-state index in [4.69, 9.17) is 4.98 Å². The second kappa shape index (κ2) is 5.14.